The molecule has 46 heavy (non-hydrogen) atoms. The zero-order valence-electron chi connectivity index (χ0n) is 24.8. The van der Waals surface area contributed by atoms with E-state index in [1.165, 1.54) is 12.1 Å². The predicted molar refractivity (Wildman–Crippen MR) is 167 cm³/mol. The van der Waals surface area contributed by atoms with Crippen LogP contribution < -0.4 is 10.2 Å². The number of benzene rings is 1. The number of fused-ring (bicyclic) bond motifs is 2. The Morgan fingerprint density at radius 2 is 1.89 bits per heavy atom. The molecule has 3 atom stereocenters. The lowest BCUT2D eigenvalue weighted by Gasteiger charge is -2.45. The van der Waals surface area contributed by atoms with Crippen LogP contribution >= 0.6 is 18.9 Å². The van der Waals surface area contributed by atoms with Gasteiger partial charge in [0.15, 0.2) is 0 Å². The van der Waals surface area contributed by atoms with Gasteiger partial charge in [-0.2, -0.15) is 8.78 Å². The van der Waals surface area contributed by atoms with Gasteiger partial charge in [0, 0.05) is 42.1 Å². The molecule has 0 bridgehead atoms. The summed E-state index contributed by atoms with van der Waals surface area (Å²) in [6.07, 6.45) is 8.53. The highest BCUT2D eigenvalue weighted by Gasteiger charge is 2.56. The van der Waals surface area contributed by atoms with E-state index in [4.69, 9.17) is 9.79 Å². The van der Waals surface area contributed by atoms with E-state index in [0.29, 0.717) is 37.1 Å². The molecule has 1 unspecified atom stereocenters. The number of hydrogen-bond donors (Lipinski definition) is 3. The minimum Gasteiger partial charge on any atom is -0.366 e. The summed E-state index contributed by atoms with van der Waals surface area (Å²) < 4.78 is 40.4. The molecule has 244 valence electrons. The van der Waals surface area contributed by atoms with Crippen molar-refractivity contribution in [2.24, 2.45) is 0 Å². The molecule has 1 saturated carbocycles. The first-order valence-corrected chi connectivity index (χ1v) is 17.9. The quantitative estimate of drug-likeness (QED) is 0.333. The van der Waals surface area contributed by atoms with Gasteiger partial charge < -0.3 is 29.8 Å². The van der Waals surface area contributed by atoms with E-state index >= 15 is 0 Å². The van der Waals surface area contributed by atoms with Gasteiger partial charge in [0.25, 0.3) is 5.91 Å². The molecule has 5 heterocycles. The summed E-state index contributed by atoms with van der Waals surface area (Å²) in [6.45, 7) is 1.96. The normalized spacial score (nSPS) is 24.7. The maximum Gasteiger partial charge on any atom is 0.399 e. The Balaban J connectivity index is 1.06. The molecule has 1 aliphatic carbocycles. The molecule has 3 amide bonds. The molecule has 3 aromatic rings. The number of carbonyl (C=O) groups is 3. The number of anilines is 1. The first-order chi connectivity index (χ1) is 21.9. The van der Waals surface area contributed by atoms with E-state index in [9.17, 15) is 27.7 Å². The van der Waals surface area contributed by atoms with Crippen LogP contribution in [0.2, 0.25) is 0 Å². The van der Waals surface area contributed by atoms with Crippen LogP contribution in [0.15, 0.2) is 48.8 Å². The Hall–Kier alpha value is -3.45. The number of nitrogens with zero attached hydrogens (tertiary/aromatic N) is 4. The van der Waals surface area contributed by atoms with Gasteiger partial charge in [-0.15, -0.1) is 11.3 Å². The van der Waals surface area contributed by atoms with Crippen molar-refractivity contribution in [3.63, 3.8) is 0 Å². The molecule has 0 radical (unpaired) electrons. The number of halogens is 2. The second-order valence-electron chi connectivity index (χ2n) is 12.7. The van der Waals surface area contributed by atoms with Crippen LogP contribution in [-0.4, -0.2) is 85.6 Å². The van der Waals surface area contributed by atoms with Crippen LogP contribution in [0.25, 0.3) is 10.1 Å². The van der Waals surface area contributed by atoms with Gasteiger partial charge in [0.1, 0.15) is 12.1 Å². The average molecular weight is 674 g/mol. The summed E-state index contributed by atoms with van der Waals surface area (Å²) in [5.41, 5.74) is -4.44. The van der Waals surface area contributed by atoms with Crippen molar-refractivity contribution in [1.82, 2.24) is 20.1 Å². The Bertz CT molecular complexity index is 1750. The number of hydrogen-bond acceptors (Lipinski definition) is 7. The minimum absolute atomic E-state index is 0.0291. The van der Waals surface area contributed by atoms with E-state index in [1.807, 2.05) is 23.2 Å². The van der Waals surface area contributed by atoms with Crippen molar-refractivity contribution in [3.8, 4) is 0 Å². The Labute approximate surface area is 267 Å². The van der Waals surface area contributed by atoms with Gasteiger partial charge in [-0.3, -0.25) is 23.9 Å². The summed E-state index contributed by atoms with van der Waals surface area (Å²) in [5.74, 6) is -0.861. The van der Waals surface area contributed by atoms with E-state index in [1.54, 1.807) is 11.1 Å². The van der Waals surface area contributed by atoms with E-state index in [-0.39, 0.29) is 33.7 Å². The Morgan fingerprint density at radius 1 is 1.09 bits per heavy atom. The number of thiophene rings is 1. The van der Waals surface area contributed by atoms with E-state index in [2.05, 4.69) is 15.2 Å². The monoisotopic (exact) mass is 673 g/mol. The van der Waals surface area contributed by atoms with Crippen molar-refractivity contribution in [3.05, 3.63) is 59.2 Å². The average Bonchev–Trinajstić information content (AvgIpc) is 3.49. The van der Waals surface area contributed by atoms with Crippen molar-refractivity contribution in [2.75, 3.05) is 24.5 Å². The van der Waals surface area contributed by atoms with Crippen molar-refractivity contribution < 1.29 is 37.5 Å². The van der Waals surface area contributed by atoms with Crippen molar-refractivity contribution in [2.45, 2.75) is 74.3 Å². The van der Waals surface area contributed by atoms with Gasteiger partial charge in [-0.25, -0.2) is 0 Å². The molecule has 7 rings (SSSR count). The molecular formula is C31H34F2N5O6PS. The number of rotatable bonds is 6. The van der Waals surface area contributed by atoms with Gasteiger partial charge in [-0.1, -0.05) is 6.07 Å². The number of aromatic nitrogens is 1. The smallest absolute Gasteiger partial charge is 0.366 e. The lowest BCUT2D eigenvalue weighted by atomic mass is 10.0. The lowest BCUT2D eigenvalue weighted by Crippen LogP contribution is -2.62. The third-order valence-corrected chi connectivity index (χ3v) is 12.0. The number of piperazine rings is 1. The van der Waals surface area contributed by atoms with Crippen LogP contribution in [0.4, 0.5) is 14.5 Å². The fourth-order valence-electron chi connectivity index (χ4n) is 7.31. The van der Waals surface area contributed by atoms with Crippen molar-refractivity contribution >= 4 is 52.4 Å². The van der Waals surface area contributed by atoms with Crippen LogP contribution in [0.3, 0.4) is 0 Å². The predicted octanol–water partition coefficient (Wildman–Crippen LogP) is 4.05. The number of amides is 3. The molecule has 3 saturated heterocycles. The Morgan fingerprint density at radius 3 is 2.61 bits per heavy atom. The molecule has 1 aromatic carbocycles. The largest absolute Gasteiger partial charge is 0.399 e. The summed E-state index contributed by atoms with van der Waals surface area (Å²) in [6, 6.07) is 6.98. The lowest BCUT2D eigenvalue weighted by molar-refractivity contribution is -0.148. The van der Waals surface area contributed by atoms with E-state index in [0.717, 1.165) is 61.4 Å². The number of nitrogens with one attached hydrogen (secondary N) is 1. The molecule has 4 aliphatic rings. The molecule has 4 fully saturated rings. The highest BCUT2D eigenvalue weighted by Crippen LogP contribution is 2.59. The first kappa shape index (κ1) is 31.2. The topological polar surface area (TPSA) is 143 Å². The van der Waals surface area contributed by atoms with Gasteiger partial charge in [0.2, 0.25) is 11.8 Å². The molecule has 1 spiro atoms. The van der Waals surface area contributed by atoms with Gasteiger partial charge in [0.05, 0.1) is 22.3 Å². The third kappa shape index (κ3) is 5.38. The highest BCUT2D eigenvalue weighted by molar-refractivity contribution is 7.52. The standard InChI is InChI=1S/C31H34F2N5O6PS/c32-31(33,45(42,43)44)20-6-9-25-19(15-20)16-26(46-25)27(39)35-23-5-1-3-21-7-8-24(38(21)28(23)40)29(41)37-14-13-36(18-30(37)10-11-30)22-4-2-12-34-17-22/h2,4,6,9,12,15-17,21,23-24H,1,3,5,7-8,10-11,13-14,18H2,(H,35,39)(H2,42,43,44)/t21-,23?,24-/m0/s1. The van der Waals surface area contributed by atoms with Crippen LogP contribution in [0.5, 0.6) is 0 Å². The van der Waals surface area contributed by atoms with Gasteiger partial charge >= 0.3 is 13.3 Å². The highest BCUT2D eigenvalue weighted by atomic mass is 32.1. The SMILES string of the molecule is O=C(NC1CCC[C@H]2CC[C@@H](C(=O)N3CCN(c4cccnc4)CC34CC4)N2C1=O)c1cc2cc(C(F)(F)P(=O)(O)O)ccc2s1. The van der Waals surface area contributed by atoms with Crippen LogP contribution in [0.1, 0.15) is 60.2 Å². The number of pyridine rings is 1. The summed E-state index contributed by atoms with van der Waals surface area (Å²) in [5, 5.41) is 3.06. The summed E-state index contributed by atoms with van der Waals surface area (Å²) in [4.78, 5) is 70.1. The summed E-state index contributed by atoms with van der Waals surface area (Å²) in [7, 11) is -5.75. The molecule has 11 nitrogen and oxygen atoms in total. The molecule has 3 aliphatic heterocycles. The zero-order valence-corrected chi connectivity index (χ0v) is 26.6. The molecule has 3 N–H and O–H groups in total. The van der Waals surface area contributed by atoms with Crippen LogP contribution in [0, 0.1) is 0 Å². The van der Waals surface area contributed by atoms with E-state index < -0.39 is 36.8 Å². The molecule has 2 aromatic heterocycles. The fourth-order valence-corrected chi connectivity index (χ4v) is 8.73. The minimum atomic E-state index is -5.75. The molecular weight excluding hydrogens is 639 g/mol. The molecule has 15 heteroatoms. The van der Waals surface area contributed by atoms with Crippen LogP contribution in [-0.2, 0) is 19.8 Å². The second kappa shape index (κ2) is 11.4. The maximum absolute atomic E-state index is 14.3. The van der Waals surface area contributed by atoms with Gasteiger partial charge in [-0.05, 0) is 80.7 Å². The third-order valence-electron chi connectivity index (χ3n) is 9.88. The second-order valence-corrected chi connectivity index (χ2v) is 15.5. The maximum atomic E-state index is 14.3. The number of carbonyl (C=O) groups excluding carboxylic acids is 3. The first-order valence-electron chi connectivity index (χ1n) is 15.4. The Kier molecular flexibility index (Phi) is 7.70. The zero-order chi connectivity index (χ0) is 32.4. The van der Waals surface area contributed by atoms with Crippen molar-refractivity contribution in [1.29, 1.82) is 0 Å². The summed E-state index contributed by atoms with van der Waals surface area (Å²) >= 11 is 1.03. The fraction of sp³-hybridized carbons (Fsp3) is 0.484. The number of alkyl halides is 2.